The Balaban J connectivity index is 2.38. The van der Waals surface area contributed by atoms with Crippen molar-refractivity contribution in [3.63, 3.8) is 0 Å². The highest BCUT2D eigenvalue weighted by Gasteiger charge is 2.05. The maximum Gasteiger partial charge on any atom is 0.163 e. The molecule has 0 aliphatic carbocycles. The van der Waals surface area contributed by atoms with E-state index in [1.165, 1.54) is 12.1 Å². The Kier molecular flexibility index (Phi) is 3.01. The van der Waals surface area contributed by atoms with E-state index in [2.05, 4.69) is 10.3 Å². The molecule has 0 amide bonds. The molecule has 1 heterocycles. The molecule has 0 spiro atoms. The van der Waals surface area contributed by atoms with E-state index in [0.717, 1.165) is 5.56 Å². The minimum Gasteiger partial charge on any atom is -0.353 e. The van der Waals surface area contributed by atoms with Crippen LogP contribution in [0.15, 0.2) is 36.5 Å². The van der Waals surface area contributed by atoms with Crippen LogP contribution in [0, 0.1) is 24.1 Å². The second-order valence-corrected chi connectivity index (χ2v) is 3.60. The lowest BCUT2D eigenvalue weighted by Gasteiger charge is -2.10. The summed E-state index contributed by atoms with van der Waals surface area (Å²) < 4.78 is 13.1. The summed E-state index contributed by atoms with van der Waals surface area (Å²) in [6.45, 7) is 1.87. The van der Waals surface area contributed by atoms with Crippen molar-refractivity contribution in [3.05, 3.63) is 53.6 Å². The molecule has 2 rings (SSSR count). The number of rotatable bonds is 2. The number of benzene rings is 1. The number of halogens is 1. The lowest BCUT2D eigenvalue weighted by Crippen LogP contribution is -1.97. The van der Waals surface area contributed by atoms with Gasteiger partial charge in [0, 0.05) is 11.9 Å². The van der Waals surface area contributed by atoms with Crippen molar-refractivity contribution in [3.8, 4) is 6.07 Å². The van der Waals surface area contributed by atoms with E-state index >= 15 is 0 Å². The molecule has 0 aliphatic heterocycles. The molecule has 0 bridgehead atoms. The van der Waals surface area contributed by atoms with E-state index in [4.69, 9.17) is 5.26 Å². The zero-order chi connectivity index (χ0) is 12.3. The van der Waals surface area contributed by atoms with Gasteiger partial charge in [0.25, 0.3) is 0 Å². The fourth-order valence-electron chi connectivity index (χ4n) is 1.47. The summed E-state index contributed by atoms with van der Waals surface area (Å²) in [6, 6.07) is 9.91. The summed E-state index contributed by atoms with van der Waals surface area (Å²) in [7, 11) is 0. The van der Waals surface area contributed by atoms with Crippen LogP contribution in [0.4, 0.5) is 15.8 Å². The topological polar surface area (TPSA) is 48.7 Å². The molecule has 0 atom stereocenters. The van der Waals surface area contributed by atoms with Gasteiger partial charge in [-0.05, 0) is 36.8 Å². The van der Waals surface area contributed by atoms with E-state index in [0.29, 0.717) is 11.4 Å². The first-order chi connectivity index (χ1) is 8.20. The lowest BCUT2D eigenvalue weighted by atomic mass is 10.2. The van der Waals surface area contributed by atoms with Crippen LogP contribution in [0.1, 0.15) is 11.3 Å². The third-order valence-corrected chi connectivity index (χ3v) is 2.38. The molecule has 1 N–H and O–H groups in total. The molecule has 1 aromatic carbocycles. The number of anilines is 2. The van der Waals surface area contributed by atoms with E-state index in [1.807, 2.05) is 13.0 Å². The molecular formula is C13H10FN3. The largest absolute Gasteiger partial charge is 0.353 e. The van der Waals surface area contributed by atoms with Gasteiger partial charge in [0.05, 0.1) is 5.69 Å². The Hall–Kier alpha value is -2.41. The molecule has 2 aromatic rings. The molecule has 3 nitrogen and oxygen atoms in total. The number of nitrogens with zero attached hydrogens (tertiary/aromatic N) is 2. The summed E-state index contributed by atoms with van der Waals surface area (Å²) >= 11 is 0. The van der Waals surface area contributed by atoms with Crippen LogP contribution in [0.5, 0.6) is 0 Å². The normalized spacial score (nSPS) is 9.71. The van der Waals surface area contributed by atoms with Crippen molar-refractivity contribution in [1.82, 2.24) is 4.98 Å². The smallest absolute Gasteiger partial charge is 0.163 e. The second-order valence-electron chi connectivity index (χ2n) is 3.60. The number of aryl methyl sites for hydroxylation is 1. The molecule has 0 unspecified atom stereocenters. The minimum absolute atomic E-state index is 0.288. The van der Waals surface area contributed by atoms with Gasteiger partial charge in [0.15, 0.2) is 5.69 Å². The van der Waals surface area contributed by atoms with Gasteiger partial charge in [0.1, 0.15) is 11.9 Å². The van der Waals surface area contributed by atoms with Crippen LogP contribution >= 0.6 is 0 Å². The lowest BCUT2D eigenvalue weighted by molar-refractivity contribution is 0.628. The quantitative estimate of drug-likeness (QED) is 0.857. The number of pyridine rings is 1. The summed E-state index contributed by atoms with van der Waals surface area (Å²) in [6.07, 6.45) is 1.54. The van der Waals surface area contributed by atoms with Crippen LogP contribution < -0.4 is 5.32 Å². The van der Waals surface area contributed by atoms with Gasteiger partial charge in [-0.25, -0.2) is 9.37 Å². The molecule has 0 radical (unpaired) electrons. The standard InChI is InChI=1S/C13H10FN3/c1-9-4-5-10(14)7-12(9)17-11-3-2-6-16-13(11)8-15/h2-7,17H,1H3. The highest BCUT2D eigenvalue weighted by Crippen LogP contribution is 2.22. The number of hydrogen-bond donors (Lipinski definition) is 1. The van der Waals surface area contributed by atoms with Crippen LogP contribution in [-0.2, 0) is 0 Å². The van der Waals surface area contributed by atoms with E-state index in [1.54, 1.807) is 24.4 Å². The Morgan fingerprint density at radius 1 is 1.29 bits per heavy atom. The Bertz CT molecular complexity index is 587. The van der Waals surface area contributed by atoms with Crippen molar-refractivity contribution < 1.29 is 4.39 Å². The number of nitriles is 1. The summed E-state index contributed by atoms with van der Waals surface area (Å²) in [4.78, 5) is 3.93. The zero-order valence-electron chi connectivity index (χ0n) is 9.24. The van der Waals surface area contributed by atoms with E-state index in [9.17, 15) is 4.39 Å². The fourth-order valence-corrected chi connectivity index (χ4v) is 1.47. The van der Waals surface area contributed by atoms with Gasteiger partial charge in [-0.1, -0.05) is 6.07 Å². The molecule has 1 aromatic heterocycles. The van der Waals surface area contributed by atoms with Crippen LogP contribution in [0.2, 0.25) is 0 Å². The van der Waals surface area contributed by atoms with Gasteiger partial charge in [-0.2, -0.15) is 5.26 Å². The van der Waals surface area contributed by atoms with Gasteiger partial charge in [0.2, 0.25) is 0 Å². The molecule has 4 heteroatoms. The van der Waals surface area contributed by atoms with Gasteiger partial charge >= 0.3 is 0 Å². The monoisotopic (exact) mass is 227 g/mol. The van der Waals surface area contributed by atoms with E-state index < -0.39 is 0 Å². The Labute approximate surface area is 98.5 Å². The Morgan fingerprint density at radius 3 is 2.88 bits per heavy atom. The van der Waals surface area contributed by atoms with Crippen molar-refractivity contribution in [1.29, 1.82) is 5.26 Å². The first kappa shape index (κ1) is 11.1. The van der Waals surface area contributed by atoms with Crippen molar-refractivity contribution in [2.75, 3.05) is 5.32 Å². The minimum atomic E-state index is -0.319. The third-order valence-electron chi connectivity index (χ3n) is 2.38. The second kappa shape index (κ2) is 4.62. The molecule has 17 heavy (non-hydrogen) atoms. The fraction of sp³-hybridized carbons (Fsp3) is 0.0769. The number of nitrogens with one attached hydrogen (secondary N) is 1. The molecule has 0 fully saturated rings. The summed E-state index contributed by atoms with van der Waals surface area (Å²) in [5, 5.41) is 11.9. The molecular weight excluding hydrogens is 217 g/mol. The van der Waals surface area contributed by atoms with Crippen LogP contribution in [0.25, 0.3) is 0 Å². The van der Waals surface area contributed by atoms with Crippen LogP contribution in [-0.4, -0.2) is 4.98 Å². The third kappa shape index (κ3) is 2.40. The maximum atomic E-state index is 13.1. The summed E-state index contributed by atoms with van der Waals surface area (Å²) in [5.74, 6) is -0.319. The highest BCUT2D eigenvalue weighted by molar-refractivity contribution is 5.66. The number of aromatic nitrogens is 1. The number of hydrogen-bond acceptors (Lipinski definition) is 3. The highest BCUT2D eigenvalue weighted by atomic mass is 19.1. The van der Waals surface area contributed by atoms with Crippen molar-refractivity contribution in [2.45, 2.75) is 6.92 Å². The molecule has 0 saturated carbocycles. The first-order valence-corrected chi connectivity index (χ1v) is 5.09. The average molecular weight is 227 g/mol. The maximum absolute atomic E-state index is 13.1. The SMILES string of the molecule is Cc1ccc(F)cc1Nc1cccnc1C#N. The van der Waals surface area contributed by atoms with Crippen LogP contribution in [0.3, 0.4) is 0 Å². The predicted octanol–water partition coefficient (Wildman–Crippen LogP) is 3.14. The van der Waals surface area contributed by atoms with E-state index in [-0.39, 0.29) is 11.5 Å². The first-order valence-electron chi connectivity index (χ1n) is 5.09. The van der Waals surface area contributed by atoms with Crippen molar-refractivity contribution >= 4 is 11.4 Å². The molecule has 0 aliphatic rings. The Morgan fingerprint density at radius 2 is 2.12 bits per heavy atom. The predicted molar refractivity (Wildman–Crippen MR) is 63.4 cm³/mol. The van der Waals surface area contributed by atoms with Gasteiger partial charge < -0.3 is 5.32 Å². The average Bonchev–Trinajstić information content (AvgIpc) is 2.34. The van der Waals surface area contributed by atoms with Gasteiger partial charge in [-0.15, -0.1) is 0 Å². The van der Waals surface area contributed by atoms with Crippen molar-refractivity contribution in [2.24, 2.45) is 0 Å². The zero-order valence-corrected chi connectivity index (χ0v) is 9.24. The van der Waals surface area contributed by atoms with Gasteiger partial charge in [-0.3, -0.25) is 0 Å². The summed E-state index contributed by atoms with van der Waals surface area (Å²) in [5.41, 5.74) is 2.40. The molecule has 84 valence electrons. The molecule has 0 saturated heterocycles.